The van der Waals surface area contributed by atoms with Crippen molar-refractivity contribution in [2.24, 2.45) is 10.2 Å². The van der Waals surface area contributed by atoms with Crippen LogP contribution in [0, 0.1) is 0 Å². The van der Waals surface area contributed by atoms with Gasteiger partial charge in [0.15, 0.2) is 5.75 Å². The van der Waals surface area contributed by atoms with Crippen molar-refractivity contribution in [3.63, 3.8) is 0 Å². The van der Waals surface area contributed by atoms with Crippen LogP contribution in [0.5, 0.6) is 11.5 Å². The minimum absolute atomic E-state index is 0.0832. The third kappa shape index (κ3) is 2.55. The van der Waals surface area contributed by atoms with E-state index in [0.717, 1.165) is 0 Å². The lowest BCUT2D eigenvalue weighted by Crippen LogP contribution is -2.12. The first-order valence-corrected chi connectivity index (χ1v) is 5.32. The largest absolute Gasteiger partial charge is 0.507 e. The van der Waals surface area contributed by atoms with Crippen molar-refractivity contribution < 1.29 is 15.3 Å². The molecule has 0 saturated carbocycles. The number of aliphatic hydroxyl groups is 1. The molecule has 1 aromatic rings. The third-order valence-electron chi connectivity index (χ3n) is 2.52. The zero-order valence-electron chi connectivity index (χ0n) is 10.5. The first-order chi connectivity index (χ1) is 7.82. The van der Waals surface area contributed by atoms with Crippen molar-refractivity contribution in [3.05, 3.63) is 17.2 Å². The van der Waals surface area contributed by atoms with Gasteiger partial charge in [0.05, 0.1) is 12.2 Å². The van der Waals surface area contributed by atoms with E-state index >= 15 is 0 Å². The Morgan fingerprint density at radius 1 is 1.18 bits per heavy atom. The van der Waals surface area contributed by atoms with Gasteiger partial charge in [-0.15, -0.1) is 0 Å². The first kappa shape index (κ1) is 13.4. The number of benzene rings is 1. The van der Waals surface area contributed by atoms with E-state index in [9.17, 15) is 15.3 Å². The summed E-state index contributed by atoms with van der Waals surface area (Å²) in [5.41, 5.74) is 0.626. The van der Waals surface area contributed by atoms with Crippen molar-refractivity contribution in [2.45, 2.75) is 32.8 Å². The molecule has 5 heteroatoms. The molecule has 0 unspecified atom stereocenters. The summed E-state index contributed by atoms with van der Waals surface area (Å²) in [5, 5.41) is 36.4. The molecule has 1 aromatic carbocycles. The van der Waals surface area contributed by atoms with Crippen LogP contribution in [-0.2, 0) is 12.0 Å². The Kier molecular flexibility index (Phi) is 3.72. The summed E-state index contributed by atoms with van der Waals surface area (Å²) < 4.78 is 0. The molecule has 0 heterocycles. The molecule has 0 aliphatic heterocycles. The van der Waals surface area contributed by atoms with Crippen LogP contribution in [0.4, 0.5) is 5.69 Å². The maximum Gasteiger partial charge on any atom is 0.152 e. The Balaban J connectivity index is 3.58. The van der Waals surface area contributed by atoms with Gasteiger partial charge >= 0.3 is 0 Å². The van der Waals surface area contributed by atoms with Gasteiger partial charge < -0.3 is 15.3 Å². The normalized spacial score (nSPS) is 12.3. The quantitative estimate of drug-likeness (QED) is 0.692. The maximum atomic E-state index is 10.0. The molecule has 0 fully saturated rings. The van der Waals surface area contributed by atoms with E-state index in [1.807, 2.05) is 20.8 Å². The van der Waals surface area contributed by atoms with Crippen molar-refractivity contribution in [3.8, 4) is 11.5 Å². The van der Waals surface area contributed by atoms with Crippen LogP contribution in [0.2, 0.25) is 0 Å². The minimum atomic E-state index is -0.451. The highest BCUT2D eigenvalue weighted by Gasteiger charge is 2.24. The molecule has 0 saturated heterocycles. The van der Waals surface area contributed by atoms with E-state index in [1.165, 1.54) is 7.05 Å². The average Bonchev–Trinajstić information content (AvgIpc) is 2.21. The molecule has 0 aliphatic rings. The SMILES string of the molecule is CN=Nc1cc(C(C)(C)C)c(O)c(CO)c1O. The zero-order valence-corrected chi connectivity index (χ0v) is 10.5. The lowest BCUT2D eigenvalue weighted by Gasteiger charge is -2.22. The molecule has 5 nitrogen and oxygen atoms in total. The zero-order chi connectivity index (χ0) is 13.2. The Morgan fingerprint density at radius 2 is 1.76 bits per heavy atom. The predicted molar refractivity (Wildman–Crippen MR) is 64.8 cm³/mol. The van der Waals surface area contributed by atoms with Crippen LogP contribution in [0.25, 0.3) is 0 Å². The van der Waals surface area contributed by atoms with Crippen molar-refractivity contribution in [1.82, 2.24) is 0 Å². The number of aromatic hydroxyl groups is 2. The number of azo groups is 1. The fourth-order valence-electron chi connectivity index (χ4n) is 1.61. The lowest BCUT2D eigenvalue weighted by molar-refractivity contribution is 0.267. The van der Waals surface area contributed by atoms with Gasteiger partial charge in [-0.1, -0.05) is 20.8 Å². The van der Waals surface area contributed by atoms with Crippen molar-refractivity contribution >= 4 is 5.69 Å². The van der Waals surface area contributed by atoms with E-state index in [2.05, 4.69) is 10.2 Å². The van der Waals surface area contributed by atoms with Gasteiger partial charge in [-0.3, -0.25) is 0 Å². The summed E-state index contributed by atoms with van der Waals surface area (Å²) in [6, 6.07) is 1.58. The van der Waals surface area contributed by atoms with E-state index in [0.29, 0.717) is 5.56 Å². The molecule has 1 rings (SSSR count). The van der Waals surface area contributed by atoms with E-state index in [1.54, 1.807) is 6.07 Å². The van der Waals surface area contributed by atoms with Crippen molar-refractivity contribution in [1.29, 1.82) is 0 Å². The smallest absolute Gasteiger partial charge is 0.152 e. The molecule has 0 spiro atoms. The second-order valence-electron chi connectivity index (χ2n) is 4.83. The fourth-order valence-corrected chi connectivity index (χ4v) is 1.61. The van der Waals surface area contributed by atoms with Gasteiger partial charge in [-0.05, 0) is 11.5 Å². The van der Waals surface area contributed by atoms with Gasteiger partial charge in [-0.25, -0.2) is 0 Å². The highest BCUT2D eigenvalue weighted by Crippen LogP contribution is 2.43. The average molecular weight is 238 g/mol. The number of hydrogen-bond donors (Lipinski definition) is 3. The van der Waals surface area contributed by atoms with Gasteiger partial charge in [0, 0.05) is 12.6 Å². The van der Waals surface area contributed by atoms with Gasteiger partial charge in [0.1, 0.15) is 11.4 Å². The van der Waals surface area contributed by atoms with Crippen LogP contribution in [-0.4, -0.2) is 22.4 Å². The van der Waals surface area contributed by atoms with Gasteiger partial charge in [0.25, 0.3) is 0 Å². The summed E-state index contributed by atoms with van der Waals surface area (Å²) in [6.45, 7) is 5.32. The third-order valence-corrected chi connectivity index (χ3v) is 2.52. The van der Waals surface area contributed by atoms with Gasteiger partial charge in [0.2, 0.25) is 0 Å². The summed E-state index contributed by atoms with van der Waals surface area (Å²) in [4.78, 5) is 0. The molecule has 17 heavy (non-hydrogen) atoms. The molecule has 0 bridgehead atoms. The van der Waals surface area contributed by atoms with E-state index < -0.39 is 6.61 Å². The topological polar surface area (TPSA) is 85.4 Å². The molecular weight excluding hydrogens is 220 g/mol. The van der Waals surface area contributed by atoms with Crippen LogP contribution in [0.1, 0.15) is 31.9 Å². The molecule has 94 valence electrons. The Hall–Kier alpha value is -1.62. The number of nitrogens with zero attached hydrogens (tertiary/aromatic N) is 2. The Labute approximate surface area is 100 Å². The minimum Gasteiger partial charge on any atom is -0.507 e. The molecular formula is C12H18N2O3. The fraction of sp³-hybridized carbons (Fsp3) is 0.500. The molecule has 0 aliphatic carbocycles. The van der Waals surface area contributed by atoms with Gasteiger partial charge in [-0.2, -0.15) is 10.2 Å². The first-order valence-electron chi connectivity index (χ1n) is 5.32. The highest BCUT2D eigenvalue weighted by molar-refractivity contribution is 5.64. The summed E-state index contributed by atoms with van der Waals surface area (Å²) in [5.74, 6) is -0.323. The van der Waals surface area contributed by atoms with Crippen LogP contribution < -0.4 is 0 Å². The number of phenols is 2. The lowest BCUT2D eigenvalue weighted by atomic mass is 9.84. The van der Waals surface area contributed by atoms with Crippen molar-refractivity contribution in [2.75, 3.05) is 7.05 Å². The monoisotopic (exact) mass is 238 g/mol. The molecule has 3 N–H and O–H groups in total. The van der Waals surface area contributed by atoms with Crippen LogP contribution in [0.15, 0.2) is 16.3 Å². The van der Waals surface area contributed by atoms with Crippen LogP contribution >= 0.6 is 0 Å². The van der Waals surface area contributed by atoms with E-state index in [-0.39, 0.29) is 28.2 Å². The summed E-state index contributed by atoms with van der Waals surface area (Å²) >= 11 is 0. The number of hydrogen-bond acceptors (Lipinski definition) is 5. The second-order valence-corrected chi connectivity index (χ2v) is 4.83. The molecule has 0 atom stereocenters. The molecule has 0 radical (unpaired) electrons. The number of aliphatic hydroxyl groups excluding tert-OH is 1. The highest BCUT2D eigenvalue weighted by atomic mass is 16.3. The second kappa shape index (κ2) is 4.71. The predicted octanol–water partition coefficient (Wildman–Crippen LogP) is 2.60. The summed E-state index contributed by atoms with van der Waals surface area (Å²) in [6.07, 6.45) is 0. The number of rotatable bonds is 2. The maximum absolute atomic E-state index is 10.0. The molecule has 0 amide bonds. The molecule has 0 aromatic heterocycles. The standard InChI is InChI=1S/C12H18N2O3/c1-12(2,3)8-5-9(14-13-4)11(17)7(6-15)10(8)16/h5,15-17H,6H2,1-4H3. The Bertz CT molecular complexity index is 448. The van der Waals surface area contributed by atoms with E-state index in [4.69, 9.17) is 0 Å². The summed E-state index contributed by atoms with van der Waals surface area (Å²) in [7, 11) is 1.49. The van der Waals surface area contributed by atoms with Crippen LogP contribution in [0.3, 0.4) is 0 Å². The Morgan fingerprint density at radius 3 is 2.18 bits per heavy atom.